The average molecular weight is 342 g/mol. The normalized spacial score (nSPS) is 22.9. The minimum Gasteiger partial charge on any atom is -0.390 e. The van der Waals surface area contributed by atoms with Crippen molar-refractivity contribution in [1.29, 1.82) is 0 Å². The summed E-state index contributed by atoms with van der Waals surface area (Å²) >= 11 is 0. The number of aromatic nitrogens is 3. The molecule has 7 heteroatoms. The van der Waals surface area contributed by atoms with Crippen LogP contribution in [0.3, 0.4) is 0 Å². The van der Waals surface area contributed by atoms with Gasteiger partial charge in [0.15, 0.2) is 0 Å². The summed E-state index contributed by atoms with van der Waals surface area (Å²) in [6.07, 6.45) is 5.78. The molecule has 1 spiro atoms. The average Bonchev–Trinajstić information content (AvgIpc) is 3.19. The molecule has 1 aromatic carbocycles. The van der Waals surface area contributed by atoms with Gasteiger partial charge in [-0.2, -0.15) is 0 Å². The van der Waals surface area contributed by atoms with Gasteiger partial charge in [0.05, 0.1) is 23.0 Å². The van der Waals surface area contributed by atoms with Crippen LogP contribution in [0.5, 0.6) is 0 Å². The van der Waals surface area contributed by atoms with Crippen molar-refractivity contribution in [3.8, 4) is 5.69 Å². The second-order valence-corrected chi connectivity index (χ2v) is 6.75. The maximum atomic E-state index is 13.0. The molecule has 3 heterocycles. The Kier molecular flexibility index (Phi) is 4.27. The Hall–Kier alpha value is -2.25. The molecule has 0 aliphatic carbocycles. The molecule has 0 radical (unpaired) electrons. The van der Waals surface area contributed by atoms with Gasteiger partial charge in [-0.05, 0) is 37.8 Å². The highest BCUT2D eigenvalue weighted by molar-refractivity contribution is 5.97. The summed E-state index contributed by atoms with van der Waals surface area (Å²) in [4.78, 5) is 14.9. The lowest BCUT2D eigenvalue weighted by atomic mass is 9.82. The fraction of sp³-hybridized carbons (Fsp3) is 0.500. The van der Waals surface area contributed by atoms with Crippen molar-refractivity contribution in [2.24, 2.45) is 0 Å². The van der Waals surface area contributed by atoms with Gasteiger partial charge in [-0.3, -0.25) is 9.36 Å². The fourth-order valence-electron chi connectivity index (χ4n) is 3.85. The number of nitrogens with zero attached hydrogens (tertiary/aromatic N) is 4. The Bertz CT molecular complexity index is 739. The lowest BCUT2D eigenvalue weighted by Gasteiger charge is -2.46. The number of carbonyl (C=O) groups is 1. The van der Waals surface area contributed by atoms with E-state index in [1.807, 2.05) is 29.2 Å². The van der Waals surface area contributed by atoms with E-state index in [0.717, 1.165) is 18.5 Å². The smallest absolute Gasteiger partial charge is 0.255 e. The Morgan fingerprint density at radius 3 is 2.64 bits per heavy atom. The third-order valence-corrected chi connectivity index (χ3v) is 5.35. The van der Waals surface area contributed by atoms with Crippen LogP contribution in [0.15, 0.2) is 36.9 Å². The number of hydrogen-bond acceptors (Lipinski definition) is 5. The van der Waals surface area contributed by atoms with Crippen LogP contribution in [0, 0.1) is 0 Å². The van der Waals surface area contributed by atoms with Crippen LogP contribution in [-0.4, -0.2) is 62.1 Å². The van der Waals surface area contributed by atoms with Crippen LogP contribution in [-0.2, 0) is 4.74 Å². The Morgan fingerprint density at radius 2 is 1.92 bits per heavy atom. The van der Waals surface area contributed by atoms with E-state index in [1.54, 1.807) is 17.2 Å². The molecule has 25 heavy (non-hydrogen) atoms. The van der Waals surface area contributed by atoms with Gasteiger partial charge in [-0.1, -0.05) is 12.1 Å². The first kappa shape index (κ1) is 16.2. The minimum absolute atomic E-state index is 0.00977. The molecule has 1 unspecified atom stereocenters. The van der Waals surface area contributed by atoms with Crippen LogP contribution in [0.1, 0.15) is 36.0 Å². The molecule has 0 bridgehead atoms. The number of rotatable bonds is 2. The molecule has 1 amide bonds. The molecule has 1 aromatic heterocycles. The molecule has 0 saturated carbocycles. The molecule has 7 nitrogen and oxygen atoms in total. The molecule has 1 atom stereocenters. The number of amides is 1. The van der Waals surface area contributed by atoms with Crippen LogP contribution >= 0.6 is 0 Å². The Labute approximate surface area is 146 Å². The predicted octanol–water partition coefficient (Wildman–Crippen LogP) is 1.41. The highest BCUT2D eigenvalue weighted by Crippen LogP contribution is 2.35. The summed E-state index contributed by atoms with van der Waals surface area (Å²) in [5, 5.41) is 18.0. The first-order valence-corrected chi connectivity index (χ1v) is 8.75. The number of likely N-dealkylation sites (tertiary alicyclic amines) is 1. The highest BCUT2D eigenvalue weighted by atomic mass is 16.5. The lowest BCUT2D eigenvalue weighted by Crippen LogP contribution is -2.56. The molecule has 2 aliphatic heterocycles. The molecule has 2 aromatic rings. The molecule has 2 fully saturated rings. The standard InChI is InChI=1S/C18H22N4O3/c23-16-6-3-11-25-18(16)7-9-21(10-8-18)17(24)14-4-1-2-5-15(14)22-12-19-20-13-22/h1-2,4-5,12-13,16,23H,3,6-11H2. The van der Waals surface area contributed by atoms with Crippen LogP contribution < -0.4 is 0 Å². The van der Waals surface area contributed by atoms with E-state index in [2.05, 4.69) is 10.2 Å². The Balaban J connectivity index is 1.52. The molecule has 2 aliphatic rings. The number of ether oxygens (including phenoxy) is 1. The summed E-state index contributed by atoms with van der Waals surface area (Å²) in [6.45, 7) is 1.88. The number of aliphatic hydroxyl groups excluding tert-OH is 1. The fourth-order valence-corrected chi connectivity index (χ4v) is 3.85. The Morgan fingerprint density at radius 1 is 1.20 bits per heavy atom. The van der Waals surface area contributed by atoms with Gasteiger partial charge in [0.25, 0.3) is 5.91 Å². The van der Waals surface area contributed by atoms with Crippen LogP contribution in [0.25, 0.3) is 5.69 Å². The van der Waals surface area contributed by atoms with E-state index in [4.69, 9.17) is 4.74 Å². The predicted molar refractivity (Wildman–Crippen MR) is 90.4 cm³/mol. The zero-order chi connectivity index (χ0) is 17.3. The van der Waals surface area contributed by atoms with Crippen molar-refractivity contribution in [1.82, 2.24) is 19.7 Å². The number of hydrogen-bond donors (Lipinski definition) is 1. The SMILES string of the molecule is O=C(c1ccccc1-n1cnnc1)N1CCC2(CC1)OCCCC2O. The largest absolute Gasteiger partial charge is 0.390 e. The van der Waals surface area contributed by atoms with E-state index in [0.29, 0.717) is 38.1 Å². The van der Waals surface area contributed by atoms with Crippen LogP contribution in [0.4, 0.5) is 0 Å². The van der Waals surface area contributed by atoms with Gasteiger partial charge in [0, 0.05) is 19.7 Å². The third kappa shape index (κ3) is 2.94. The van der Waals surface area contributed by atoms with Crippen molar-refractivity contribution in [2.75, 3.05) is 19.7 Å². The molecule has 2 saturated heterocycles. The zero-order valence-corrected chi connectivity index (χ0v) is 14.0. The summed E-state index contributed by atoms with van der Waals surface area (Å²) in [6, 6.07) is 7.47. The van der Waals surface area contributed by atoms with Gasteiger partial charge < -0.3 is 14.7 Å². The number of piperidine rings is 1. The number of para-hydroxylation sites is 1. The third-order valence-electron chi connectivity index (χ3n) is 5.35. The zero-order valence-electron chi connectivity index (χ0n) is 14.0. The van der Waals surface area contributed by atoms with Gasteiger partial charge in [-0.15, -0.1) is 10.2 Å². The van der Waals surface area contributed by atoms with E-state index in [-0.39, 0.29) is 5.91 Å². The van der Waals surface area contributed by atoms with Gasteiger partial charge in [0.1, 0.15) is 12.7 Å². The molecular formula is C18H22N4O3. The summed E-state index contributed by atoms with van der Waals surface area (Å²) in [5.41, 5.74) is 0.929. The van der Waals surface area contributed by atoms with Crippen molar-refractivity contribution in [3.05, 3.63) is 42.5 Å². The number of benzene rings is 1. The summed E-state index contributed by atoms with van der Waals surface area (Å²) in [5.74, 6) is -0.00977. The van der Waals surface area contributed by atoms with Gasteiger partial charge >= 0.3 is 0 Å². The van der Waals surface area contributed by atoms with E-state index >= 15 is 0 Å². The first-order chi connectivity index (χ1) is 12.2. The second kappa shape index (κ2) is 6.57. The lowest BCUT2D eigenvalue weighted by molar-refractivity contribution is -0.174. The summed E-state index contributed by atoms with van der Waals surface area (Å²) < 4.78 is 7.67. The minimum atomic E-state index is -0.469. The van der Waals surface area contributed by atoms with Crippen molar-refractivity contribution in [3.63, 3.8) is 0 Å². The van der Waals surface area contributed by atoms with Crippen molar-refractivity contribution >= 4 is 5.91 Å². The molecular weight excluding hydrogens is 320 g/mol. The van der Waals surface area contributed by atoms with E-state index < -0.39 is 11.7 Å². The second-order valence-electron chi connectivity index (χ2n) is 6.75. The van der Waals surface area contributed by atoms with E-state index in [9.17, 15) is 9.90 Å². The molecule has 4 rings (SSSR count). The molecule has 132 valence electrons. The van der Waals surface area contributed by atoms with Crippen molar-refractivity contribution in [2.45, 2.75) is 37.4 Å². The molecule has 1 N–H and O–H groups in total. The maximum Gasteiger partial charge on any atom is 0.255 e. The first-order valence-electron chi connectivity index (χ1n) is 8.75. The number of aliphatic hydroxyl groups is 1. The van der Waals surface area contributed by atoms with Crippen LogP contribution in [0.2, 0.25) is 0 Å². The maximum absolute atomic E-state index is 13.0. The quantitative estimate of drug-likeness (QED) is 0.893. The highest BCUT2D eigenvalue weighted by Gasteiger charge is 2.44. The van der Waals surface area contributed by atoms with Gasteiger partial charge in [0.2, 0.25) is 0 Å². The van der Waals surface area contributed by atoms with Crippen molar-refractivity contribution < 1.29 is 14.6 Å². The topological polar surface area (TPSA) is 80.5 Å². The van der Waals surface area contributed by atoms with Gasteiger partial charge in [-0.25, -0.2) is 0 Å². The monoisotopic (exact) mass is 342 g/mol. The van der Waals surface area contributed by atoms with E-state index in [1.165, 1.54) is 0 Å². The number of carbonyl (C=O) groups excluding carboxylic acids is 1. The summed E-state index contributed by atoms with van der Waals surface area (Å²) in [7, 11) is 0.